The number of rotatable bonds is 1. The van der Waals surface area contributed by atoms with Gasteiger partial charge in [0.05, 0.1) is 10.6 Å². The summed E-state index contributed by atoms with van der Waals surface area (Å²) >= 11 is 2.27. The summed E-state index contributed by atoms with van der Waals surface area (Å²) in [6, 6.07) is 4.00. The molecular formula is C8H6INO. The average Bonchev–Trinajstić information content (AvgIpc) is 2.46. The molecule has 2 rings (SSSR count). The predicted octanol–water partition coefficient (Wildman–Crippen LogP) is 2.76. The molecule has 0 unspecified atom stereocenters. The quantitative estimate of drug-likeness (QED) is 0.581. The predicted molar refractivity (Wildman–Crippen MR) is 51.7 cm³/mol. The van der Waals surface area contributed by atoms with Crippen molar-refractivity contribution in [2.24, 2.45) is 0 Å². The first kappa shape index (κ1) is 7.09. The molecule has 0 aliphatic rings. The van der Waals surface area contributed by atoms with Crippen LogP contribution in [0.5, 0.6) is 0 Å². The van der Waals surface area contributed by atoms with Gasteiger partial charge in [-0.1, -0.05) is 22.6 Å². The molecule has 0 spiro atoms. The average molecular weight is 259 g/mol. The van der Waals surface area contributed by atoms with Crippen molar-refractivity contribution >= 4 is 33.6 Å². The van der Waals surface area contributed by atoms with E-state index in [0.29, 0.717) is 0 Å². The lowest BCUT2D eigenvalue weighted by atomic mass is 10.3. The molecule has 0 fully saturated rings. The highest BCUT2D eigenvalue weighted by atomic mass is 127. The van der Waals surface area contributed by atoms with E-state index in [1.54, 1.807) is 12.4 Å². The zero-order valence-corrected chi connectivity index (χ0v) is 7.91. The van der Waals surface area contributed by atoms with Crippen molar-refractivity contribution in [2.45, 2.75) is 4.43 Å². The Morgan fingerprint density at radius 2 is 2.45 bits per heavy atom. The summed E-state index contributed by atoms with van der Waals surface area (Å²) in [6.45, 7) is 0. The SMILES string of the molecule is ICc1cc2ccncc2o1. The molecule has 0 N–H and O–H groups in total. The smallest absolute Gasteiger partial charge is 0.152 e. The molecule has 0 amide bonds. The van der Waals surface area contributed by atoms with E-state index in [2.05, 4.69) is 27.6 Å². The van der Waals surface area contributed by atoms with E-state index in [0.717, 1.165) is 21.2 Å². The number of pyridine rings is 1. The maximum absolute atomic E-state index is 5.45. The Morgan fingerprint density at radius 3 is 3.18 bits per heavy atom. The monoisotopic (exact) mass is 259 g/mol. The zero-order valence-electron chi connectivity index (χ0n) is 5.75. The summed E-state index contributed by atoms with van der Waals surface area (Å²) in [5.41, 5.74) is 0.874. The molecule has 0 bridgehead atoms. The molecule has 0 atom stereocenters. The number of halogens is 1. The molecule has 0 aromatic carbocycles. The lowest BCUT2D eigenvalue weighted by Gasteiger charge is -1.82. The van der Waals surface area contributed by atoms with Crippen molar-refractivity contribution < 1.29 is 4.42 Å². The third-order valence-electron chi connectivity index (χ3n) is 1.51. The zero-order chi connectivity index (χ0) is 7.68. The van der Waals surface area contributed by atoms with Gasteiger partial charge in [-0.25, -0.2) is 0 Å². The maximum Gasteiger partial charge on any atom is 0.152 e. The largest absolute Gasteiger partial charge is 0.459 e. The van der Waals surface area contributed by atoms with Crippen LogP contribution in [0.4, 0.5) is 0 Å². The van der Waals surface area contributed by atoms with Gasteiger partial charge in [-0.15, -0.1) is 0 Å². The van der Waals surface area contributed by atoms with Gasteiger partial charge in [0.15, 0.2) is 5.58 Å². The van der Waals surface area contributed by atoms with Crippen LogP contribution in [0.25, 0.3) is 11.0 Å². The molecular weight excluding hydrogens is 253 g/mol. The van der Waals surface area contributed by atoms with E-state index in [1.165, 1.54) is 0 Å². The van der Waals surface area contributed by atoms with E-state index < -0.39 is 0 Å². The number of fused-ring (bicyclic) bond motifs is 1. The van der Waals surface area contributed by atoms with Crippen molar-refractivity contribution in [1.82, 2.24) is 4.98 Å². The van der Waals surface area contributed by atoms with Gasteiger partial charge < -0.3 is 4.42 Å². The number of hydrogen-bond acceptors (Lipinski definition) is 2. The van der Waals surface area contributed by atoms with Crippen molar-refractivity contribution in [2.75, 3.05) is 0 Å². The number of aromatic nitrogens is 1. The minimum atomic E-state index is 0.874. The number of alkyl halides is 1. The Morgan fingerprint density at radius 1 is 1.55 bits per heavy atom. The molecule has 0 aliphatic heterocycles. The van der Waals surface area contributed by atoms with Crippen LogP contribution < -0.4 is 0 Å². The van der Waals surface area contributed by atoms with E-state index in [9.17, 15) is 0 Å². The summed E-state index contributed by atoms with van der Waals surface area (Å²) in [5, 5.41) is 1.13. The van der Waals surface area contributed by atoms with Crippen LogP contribution in [0, 0.1) is 0 Å². The first-order valence-corrected chi connectivity index (χ1v) is 4.81. The number of hydrogen-bond donors (Lipinski definition) is 0. The maximum atomic E-state index is 5.45. The molecule has 0 saturated carbocycles. The Hall–Kier alpha value is -0.580. The minimum absolute atomic E-state index is 0.874. The highest BCUT2D eigenvalue weighted by Gasteiger charge is 1.99. The Kier molecular flexibility index (Phi) is 1.81. The number of furan rings is 1. The molecule has 56 valence electrons. The van der Waals surface area contributed by atoms with Gasteiger partial charge in [-0.2, -0.15) is 0 Å². The first-order valence-electron chi connectivity index (χ1n) is 3.28. The van der Waals surface area contributed by atoms with Gasteiger partial charge in [0.1, 0.15) is 5.76 Å². The van der Waals surface area contributed by atoms with Crippen LogP contribution in [-0.2, 0) is 4.43 Å². The van der Waals surface area contributed by atoms with Crippen molar-refractivity contribution in [1.29, 1.82) is 0 Å². The summed E-state index contributed by atoms with van der Waals surface area (Å²) in [5.74, 6) is 1.01. The lowest BCUT2D eigenvalue weighted by Crippen LogP contribution is -1.65. The summed E-state index contributed by atoms with van der Waals surface area (Å²) in [6.07, 6.45) is 3.51. The molecule has 0 radical (unpaired) electrons. The molecule has 3 heteroatoms. The van der Waals surface area contributed by atoms with Gasteiger partial charge in [-0.3, -0.25) is 4.98 Å². The van der Waals surface area contributed by atoms with Crippen LogP contribution in [0.2, 0.25) is 0 Å². The van der Waals surface area contributed by atoms with Crippen LogP contribution in [-0.4, -0.2) is 4.98 Å². The van der Waals surface area contributed by atoms with E-state index in [-0.39, 0.29) is 0 Å². The molecule has 2 heterocycles. The van der Waals surface area contributed by atoms with Gasteiger partial charge in [-0.05, 0) is 12.1 Å². The highest BCUT2D eigenvalue weighted by molar-refractivity contribution is 14.1. The molecule has 2 aromatic rings. The van der Waals surface area contributed by atoms with Crippen LogP contribution in [0.3, 0.4) is 0 Å². The Balaban J connectivity index is 2.69. The van der Waals surface area contributed by atoms with E-state index in [1.807, 2.05) is 12.1 Å². The minimum Gasteiger partial charge on any atom is -0.459 e. The van der Waals surface area contributed by atoms with E-state index >= 15 is 0 Å². The van der Waals surface area contributed by atoms with Gasteiger partial charge >= 0.3 is 0 Å². The van der Waals surface area contributed by atoms with Crippen molar-refractivity contribution in [3.8, 4) is 0 Å². The normalized spacial score (nSPS) is 10.6. The number of nitrogens with zero attached hydrogens (tertiary/aromatic N) is 1. The van der Waals surface area contributed by atoms with Gasteiger partial charge in [0.2, 0.25) is 0 Å². The second-order valence-corrected chi connectivity index (χ2v) is 3.02. The van der Waals surface area contributed by atoms with Crippen LogP contribution in [0.1, 0.15) is 5.76 Å². The fraction of sp³-hybridized carbons (Fsp3) is 0.125. The van der Waals surface area contributed by atoms with Gasteiger partial charge in [0.25, 0.3) is 0 Å². The summed E-state index contributed by atoms with van der Waals surface area (Å²) in [7, 11) is 0. The molecule has 0 aliphatic carbocycles. The Bertz CT molecular complexity index is 336. The fourth-order valence-electron chi connectivity index (χ4n) is 1.01. The van der Waals surface area contributed by atoms with Gasteiger partial charge in [0, 0.05) is 11.6 Å². The highest BCUT2D eigenvalue weighted by Crippen LogP contribution is 2.19. The molecule has 11 heavy (non-hydrogen) atoms. The fourth-order valence-corrected chi connectivity index (χ4v) is 1.38. The van der Waals surface area contributed by atoms with Crippen molar-refractivity contribution in [3.63, 3.8) is 0 Å². The van der Waals surface area contributed by atoms with E-state index in [4.69, 9.17) is 4.42 Å². The summed E-state index contributed by atoms with van der Waals surface area (Å²) < 4.78 is 6.36. The molecule has 2 nitrogen and oxygen atoms in total. The van der Waals surface area contributed by atoms with Crippen LogP contribution in [0.15, 0.2) is 28.9 Å². The van der Waals surface area contributed by atoms with Crippen molar-refractivity contribution in [3.05, 3.63) is 30.3 Å². The first-order chi connectivity index (χ1) is 5.40. The summed E-state index contributed by atoms with van der Waals surface area (Å²) in [4.78, 5) is 3.96. The third-order valence-corrected chi connectivity index (χ3v) is 2.26. The standard InChI is InChI=1S/C8H6INO/c9-4-7-3-6-1-2-10-5-8(6)11-7/h1-3,5H,4H2. The lowest BCUT2D eigenvalue weighted by molar-refractivity contribution is 0.575. The Labute approximate surface area is 77.8 Å². The molecule has 2 aromatic heterocycles. The van der Waals surface area contributed by atoms with Crippen LogP contribution >= 0.6 is 22.6 Å². The second-order valence-electron chi connectivity index (χ2n) is 2.26. The topological polar surface area (TPSA) is 26.0 Å². The second kappa shape index (κ2) is 2.81. The third kappa shape index (κ3) is 1.24. The molecule has 0 saturated heterocycles.